The average Bonchev–Trinajstić information content (AvgIpc) is 2.98. The molecule has 0 spiro atoms. The number of rotatable bonds is 4. The van der Waals surface area contributed by atoms with Crippen LogP contribution in [0.5, 0.6) is 0 Å². The largest absolute Gasteiger partial charge is 0.352 e. The van der Waals surface area contributed by atoms with E-state index in [9.17, 15) is 9.00 Å². The molecule has 0 aromatic heterocycles. The maximum atomic E-state index is 12.6. The van der Waals surface area contributed by atoms with Crippen molar-refractivity contribution >= 4 is 16.7 Å². The summed E-state index contributed by atoms with van der Waals surface area (Å²) in [5.41, 5.74) is 0. The molecule has 2 N–H and O–H groups in total. The molecule has 5 heteroatoms. The van der Waals surface area contributed by atoms with E-state index in [4.69, 9.17) is 0 Å². The van der Waals surface area contributed by atoms with Gasteiger partial charge in [-0.1, -0.05) is 26.2 Å². The Balaban J connectivity index is 1.50. The van der Waals surface area contributed by atoms with Crippen molar-refractivity contribution in [1.82, 2.24) is 10.6 Å². The zero-order valence-electron chi connectivity index (χ0n) is 13.7. The lowest BCUT2D eigenvalue weighted by Crippen LogP contribution is -2.48. The topological polar surface area (TPSA) is 58.2 Å². The minimum Gasteiger partial charge on any atom is -0.352 e. The Morgan fingerprint density at radius 1 is 1.14 bits per heavy atom. The fraction of sp³-hybridized carbons (Fsp3) is 0.941. The van der Waals surface area contributed by atoms with Gasteiger partial charge in [0.05, 0.1) is 6.04 Å². The molecule has 1 amide bonds. The fourth-order valence-electron chi connectivity index (χ4n) is 4.57. The third-order valence-electron chi connectivity index (χ3n) is 5.81. The molecule has 6 unspecified atom stereocenters. The highest BCUT2D eigenvalue weighted by molar-refractivity contribution is 7.85. The Labute approximate surface area is 136 Å². The van der Waals surface area contributed by atoms with Crippen LogP contribution in [0.3, 0.4) is 0 Å². The quantitative estimate of drug-likeness (QED) is 0.832. The van der Waals surface area contributed by atoms with Crippen LogP contribution in [0.2, 0.25) is 0 Å². The Morgan fingerprint density at radius 3 is 2.73 bits per heavy atom. The molecule has 0 radical (unpaired) electrons. The van der Waals surface area contributed by atoms with E-state index < -0.39 is 10.8 Å². The van der Waals surface area contributed by atoms with E-state index in [1.54, 1.807) is 0 Å². The molecular formula is C17H30N2O2S. The van der Waals surface area contributed by atoms with Crippen LogP contribution in [0, 0.1) is 5.92 Å². The van der Waals surface area contributed by atoms with E-state index in [1.165, 1.54) is 25.7 Å². The number of amides is 1. The van der Waals surface area contributed by atoms with Crippen molar-refractivity contribution in [3.63, 3.8) is 0 Å². The summed E-state index contributed by atoms with van der Waals surface area (Å²) in [5, 5.41) is 7.08. The highest BCUT2D eigenvalue weighted by Crippen LogP contribution is 2.33. The van der Waals surface area contributed by atoms with E-state index in [2.05, 4.69) is 10.6 Å². The van der Waals surface area contributed by atoms with Gasteiger partial charge in [0.15, 0.2) is 0 Å². The Kier molecular flexibility index (Phi) is 5.55. The lowest BCUT2D eigenvalue weighted by molar-refractivity contribution is -0.123. The van der Waals surface area contributed by atoms with Gasteiger partial charge in [-0.3, -0.25) is 9.00 Å². The predicted octanol–water partition coefficient (Wildman–Crippen LogP) is 2.10. The molecule has 3 aliphatic rings. The molecule has 126 valence electrons. The minimum atomic E-state index is -0.724. The fourth-order valence-corrected chi connectivity index (χ4v) is 5.92. The zero-order chi connectivity index (χ0) is 15.5. The SMILES string of the molecule is CCS(=O)C1CCCC(NC(=O)C2CC3CCCCC3N2)C1. The number of carbonyl (C=O) groups excluding carboxylic acids is 1. The van der Waals surface area contributed by atoms with Crippen molar-refractivity contribution in [2.75, 3.05) is 5.75 Å². The van der Waals surface area contributed by atoms with Crippen LogP contribution >= 0.6 is 0 Å². The molecule has 3 fully saturated rings. The van der Waals surface area contributed by atoms with Gasteiger partial charge in [0.2, 0.25) is 5.91 Å². The number of fused-ring (bicyclic) bond motifs is 1. The molecule has 1 saturated heterocycles. The van der Waals surface area contributed by atoms with E-state index >= 15 is 0 Å². The molecule has 0 aromatic rings. The number of carbonyl (C=O) groups is 1. The summed E-state index contributed by atoms with van der Waals surface area (Å²) in [7, 11) is -0.724. The summed E-state index contributed by atoms with van der Waals surface area (Å²) in [6.45, 7) is 1.99. The van der Waals surface area contributed by atoms with Gasteiger partial charge in [-0.15, -0.1) is 0 Å². The van der Waals surface area contributed by atoms with Crippen molar-refractivity contribution in [1.29, 1.82) is 0 Å². The normalized spacial score (nSPS) is 40.0. The minimum absolute atomic E-state index is 0.00477. The standard InChI is InChI=1S/C17H30N2O2S/c1-2-22(21)14-8-5-7-13(11-14)18-17(20)16-10-12-6-3-4-9-15(12)19-16/h12-16,19H,2-11H2,1H3,(H,18,20). The van der Waals surface area contributed by atoms with Crippen molar-refractivity contribution < 1.29 is 9.00 Å². The van der Waals surface area contributed by atoms with E-state index in [0.717, 1.165) is 37.9 Å². The third kappa shape index (κ3) is 3.73. The summed E-state index contributed by atoms with van der Waals surface area (Å²) in [5.74, 6) is 1.62. The van der Waals surface area contributed by atoms with Crippen LogP contribution in [0.15, 0.2) is 0 Å². The summed E-state index contributed by atoms with van der Waals surface area (Å²) in [6, 6.07) is 0.799. The second-order valence-corrected chi connectivity index (χ2v) is 9.28. The van der Waals surface area contributed by atoms with Gasteiger partial charge < -0.3 is 10.6 Å². The zero-order valence-corrected chi connectivity index (χ0v) is 14.5. The van der Waals surface area contributed by atoms with Crippen molar-refractivity contribution in [3.8, 4) is 0 Å². The first-order valence-electron chi connectivity index (χ1n) is 9.11. The summed E-state index contributed by atoms with van der Waals surface area (Å²) >= 11 is 0. The first-order valence-corrected chi connectivity index (χ1v) is 10.5. The molecule has 1 aliphatic heterocycles. The highest BCUT2D eigenvalue weighted by atomic mass is 32.2. The highest BCUT2D eigenvalue weighted by Gasteiger charge is 2.39. The average molecular weight is 327 g/mol. The number of hydrogen-bond acceptors (Lipinski definition) is 3. The van der Waals surface area contributed by atoms with Crippen LogP contribution in [0.1, 0.15) is 64.7 Å². The lowest BCUT2D eigenvalue weighted by atomic mass is 9.85. The molecule has 3 rings (SSSR count). The first-order chi connectivity index (χ1) is 10.7. The maximum Gasteiger partial charge on any atom is 0.237 e. The Bertz CT molecular complexity index is 415. The van der Waals surface area contributed by atoms with Gasteiger partial charge in [-0.05, 0) is 44.4 Å². The second kappa shape index (κ2) is 7.43. The molecule has 2 saturated carbocycles. The summed E-state index contributed by atoms with van der Waals surface area (Å²) < 4.78 is 12.0. The maximum absolute atomic E-state index is 12.6. The predicted molar refractivity (Wildman–Crippen MR) is 90.2 cm³/mol. The molecule has 2 aliphatic carbocycles. The first kappa shape index (κ1) is 16.4. The summed E-state index contributed by atoms with van der Waals surface area (Å²) in [4.78, 5) is 12.6. The van der Waals surface area contributed by atoms with Crippen molar-refractivity contribution in [2.45, 2.75) is 88.1 Å². The molecule has 4 nitrogen and oxygen atoms in total. The van der Waals surface area contributed by atoms with Crippen LogP contribution in [0.25, 0.3) is 0 Å². The van der Waals surface area contributed by atoms with Crippen molar-refractivity contribution in [2.24, 2.45) is 5.92 Å². The summed E-state index contributed by atoms with van der Waals surface area (Å²) in [6.07, 6.45) is 10.2. The van der Waals surface area contributed by atoms with Gasteiger partial charge in [0.1, 0.15) is 0 Å². The van der Waals surface area contributed by atoms with Crippen LogP contribution in [-0.2, 0) is 15.6 Å². The van der Waals surface area contributed by atoms with E-state index in [1.807, 2.05) is 6.92 Å². The number of nitrogens with one attached hydrogen (secondary N) is 2. The van der Waals surface area contributed by atoms with E-state index in [0.29, 0.717) is 12.0 Å². The molecule has 22 heavy (non-hydrogen) atoms. The molecule has 6 atom stereocenters. The Morgan fingerprint density at radius 2 is 1.95 bits per heavy atom. The molecule has 1 heterocycles. The lowest BCUT2D eigenvalue weighted by Gasteiger charge is -2.30. The second-order valence-electron chi connectivity index (χ2n) is 7.27. The van der Waals surface area contributed by atoms with Gasteiger partial charge >= 0.3 is 0 Å². The number of hydrogen-bond donors (Lipinski definition) is 2. The van der Waals surface area contributed by atoms with Gasteiger partial charge in [0, 0.05) is 33.9 Å². The van der Waals surface area contributed by atoms with E-state index in [-0.39, 0.29) is 23.2 Å². The van der Waals surface area contributed by atoms with Crippen molar-refractivity contribution in [3.05, 3.63) is 0 Å². The third-order valence-corrected chi connectivity index (χ3v) is 7.55. The van der Waals surface area contributed by atoms with Gasteiger partial charge in [0.25, 0.3) is 0 Å². The Hall–Kier alpha value is -0.420. The van der Waals surface area contributed by atoms with Crippen LogP contribution < -0.4 is 10.6 Å². The van der Waals surface area contributed by atoms with Gasteiger partial charge in [-0.25, -0.2) is 0 Å². The van der Waals surface area contributed by atoms with Crippen LogP contribution in [0.4, 0.5) is 0 Å². The van der Waals surface area contributed by atoms with Gasteiger partial charge in [-0.2, -0.15) is 0 Å². The molecule has 0 bridgehead atoms. The van der Waals surface area contributed by atoms with Crippen LogP contribution in [-0.4, -0.2) is 39.2 Å². The smallest absolute Gasteiger partial charge is 0.237 e. The molecular weight excluding hydrogens is 296 g/mol. The molecule has 0 aromatic carbocycles. The monoisotopic (exact) mass is 326 g/mol.